The van der Waals surface area contributed by atoms with Crippen LogP contribution in [0.15, 0.2) is 73.3 Å². The topological polar surface area (TPSA) is 40.6 Å². The van der Waals surface area contributed by atoms with E-state index in [0.717, 1.165) is 12.1 Å². The van der Waals surface area contributed by atoms with Crippen molar-refractivity contribution in [1.29, 1.82) is 5.26 Å². The van der Waals surface area contributed by atoms with Crippen LogP contribution in [0.25, 0.3) is 11.1 Å². The number of hydrogen-bond donors (Lipinski definition) is 0. The summed E-state index contributed by atoms with van der Waals surface area (Å²) < 4.78 is 2.12. The summed E-state index contributed by atoms with van der Waals surface area (Å²) in [5.74, 6) is 0. The van der Waals surface area contributed by atoms with E-state index in [4.69, 9.17) is 5.26 Å². The first-order valence-electron chi connectivity index (χ1n) is 6.74. The van der Waals surface area contributed by atoms with Crippen molar-refractivity contribution in [3.8, 4) is 17.2 Å². The number of nitriles is 1. The van der Waals surface area contributed by atoms with Crippen LogP contribution in [0.3, 0.4) is 0 Å². The Bertz CT molecular complexity index is 754. The van der Waals surface area contributed by atoms with Crippen LogP contribution >= 0.6 is 0 Å². The molecule has 3 rings (SSSR count). The number of pyridine rings is 2. The van der Waals surface area contributed by atoms with Crippen molar-refractivity contribution in [1.82, 2.24) is 4.98 Å². The summed E-state index contributed by atoms with van der Waals surface area (Å²) in [6.45, 7) is 0.794. The molecule has 1 aromatic carbocycles. The van der Waals surface area contributed by atoms with Crippen LogP contribution in [0.4, 0.5) is 0 Å². The fourth-order valence-electron chi connectivity index (χ4n) is 2.20. The lowest BCUT2D eigenvalue weighted by atomic mass is 10.1. The molecule has 0 aliphatic rings. The quantitative estimate of drug-likeness (QED) is 0.688. The fraction of sp³-hybridized carbons (Fsp3) is 0.0556. The van der Waals surface area contributed by atoms with Crippen molar-refractivity contribution < 1.29 is 4.57 Å². The van der Waals surface area contributed by atoms with E-state index in [0.29, 0.717) is 5.56 Å². The minimum atomic E-state index is 0.691. The molecule has 3 heteroatoms. The maximum Gasteiger partial charge on any atom is 0.173 e. The van der Waals surface area contributed by atoms with Crippen molar-refractivity contribution in [2.24, 2.45) is 0 Å². The number of aromatic nitrogens is 2. The molecule has 3 nitrogen and oxygen atoms in total. The zero-order valence-electron chi connectivity index (χ0n) is 11.5. The van der Waals surface area contributed by atoms with Crippen LogP contribution in [0.5, 0.6) is 0 Å². The van der Waals surface area contributed by atoms with Crippen molar-refractivity contribution in [3.63, 3.8) is 0 Å². The number of nitrogens with zero attached hydrogens (tertiary/aromatic N) is 3. The molecule has 100 valence electrons. The van der Waals surface area contributed by atoms with E-state index in [1.807, 2.05) is 36.4 Å². The summed E-state index contributed by atoms with van der Waals surface area (Å²) in [7, 11) is 0. The van der Waals surface area contributed by atoms with E-state index in [1.54, 1.807) is 12.4 Å². The second kappa shape index (κ2) is 5.98. The molecular formula is C18H14N3+. The Labute approximate surface area is 123 Å². The average Bonchev–Trinajstić information content (AvgIpc) is 2.57. The van der Waals surface area contributed by atoms with Crippen LogP contribution < -0.4 is 4.57 Å². The van der Waals surface area contributed by atoms with Crippen LogP contribution in [0.2, 0.25) is 0 Å². The molecule has 0 bridgehead atoms. The molecule has 2 heterocycles. The van der Waals surface area contributed by atoms with Gasteiger partial charge in [-0.15, -0.1) is 0 Å². The molecule has 0 saturated carbocycles. The monoisotopic (exact) mass is 272 g/mol. The van der Waals surface area contributed by atoms with Gasteiger partial charge >= 0.3 is 0 Å². The lowest BCUT2D eigenvalue weighted by molar-refractivity contribution is -0.688. The Balaban J connectivity index is 1.76. The Morgan fingerprint density at radius 2 is 1.48 bits per heavy atom. The van der Waals surface area contributed by atoms with Gasteiger partial charge in [0.05, 0.1) is 11.6 Å². The van der Waals surface area contributed by atoms with Gasteiger partial charge in [0.25, 0.3) is 0 Å². The number of hydrogen-bond acceptors (Lipinski definition) is 2. The Hall–Kier alpha value is -2.99. The van der Waals surface area contributed by atoms with E-state index in [-0.39, 0.29) is 0 Å². The van der Waals surface area contributed by atoms with Crippen LogP contribution in [-0.4, -0.2) is 4.98 Å². The molecule has 0 atom stereocenters. The molecule has 0 N–H and O–H groups in total. The van der Waals surface area contributed by atoms with Gasteiger partial charge in [-0.2, -0.15) is 5.26 Å². The Morgan fingerprint density at radius 3 is 2.10 bits per heavy atom. The third kappa shape index (κ3) is 3.13. The van der Waals surface area contributed by atoms with E-state index in [1.165, 1.54) is 11.1 Å². The normalized spacial score (nSPS) is 10.0. The van der Waals surface area contributed by atoms with Crippen molar-refractivity contribution >= 4 is 0 Å². The van der Waals surface area contributed by atoms with E-state index < -0.39 is 0 Å². The summed E-state index contributed by atoms with van der Waals surface area (Å²) in [6.07, 6.45) is 7.72. The summed E-state index contributed by atoms with van der Waals surface area (Å²) >= 11 is 0. The molecule has 0 amide bonds. The molecule has 0 aliphatic heterocycles. The van der Waals surface area contributed by atoms with Crippen LogP contribution in [0, 0.1) is 11.3 Å². The van der Waals surface area contributed by atoms with E-state index in [2.05, 4.69) is 40.1 Å². The standard InChI is InChI=1S/C18H14N3/c19-13-15-1-3-16(4-2-15)14-21-11-7-18(8-12-21)17-5-9-20-10-6-17/h1-12H,14H2/q+1. The predicted octanol–water partition coefficient (Wildman–Crippen LogP) is 2.96. The first-order chi connectivity index (χ1) is 10.3. The maximum atomic E-state index is 8.80. The van der Waals surface area contributed by atoms with Gasteiger partial charge in [0.1, 0.15) is 0 Å². The predicted molar refractivity (Wildman–Crippen MR) is 80.1 cm³/mol. The summed E-state index contributed by atoms with van der Waals surface area (Å²) in [5, 5.41) is 8.80. The van der Waals surface area contributed by atoms with Gasteiger partial charge < -0.3 is 0 Å². The summed E-state index contributed by atoms with van der Waals surface area (Å²) in [6, 6.07) is 18.0. The van der Waals surface area contributed by atoms with Crippen LogP contribution in [0.1, 0.15) is 11.1 Å². The van der Waals surface area contributed by atoms with E-state index >= 15 is 0 Å². The molecule has 0 unspecified atom stereocenters. The van der Waals surface area contributed by atoms with Gasteiger partial charge in [0.2, 0.25) is 0 Å². The van der Waals surface area contributed by atoms with Gasteiger partial charge in [-0.3, -0.25) is 4.98 Å². The van der Waals surface area contributed by atoms with Crippen molar-refractivity contribution in [3.05, 3.63) is 84.4 Å². The highest BCUT2D eigenvalue weighted by atomic mass is 14.9. The summed E-state index contributed by atoms with van der Waals surface area (Å²) in [4.78, 5) is 4.03. The minimum Gasteiger partial charge on any atom is -0.265 e. The van der Waals surface area contributed by atoms with Gasteiger partial charge in [-0.1, -0.05) is 12.1 Å². The molecule has 0 saturated heterocycles. The Morgan fingerprint density at radius 1 is 0.857 bits per heavy atom. The van der Waals surface area contributed by atoms with Crippen LogP contribution in [-0.2, 0) is 6.54 Å². The number of benzene rings is 1. The number of rotatable bonds is 3. The SMILES string of the molecule is N#Cc1ccc(C[n+]2ccc(-c3ccncc3)cc2)cc1. The molecule has 0 radical (unpaired) electrons. The van der Waals surface area contributed by atoms with Gasteiger partial charge in [-0.25, -0.2) is 4.57 Å². The molecule has 2 aromatic heterocycles. The maximum absolute atomic E-state index is 8.80. The van der Waals surface area contributed by atoms with Gasteiger partial charge in [0.15, 0.2) is 18.9 Å². The molecular weight excluding hydrogens is 258 g/mol. The highest BCUT2D eigenvalue weighted by molar-refractivity contribution is 5.61. The van der Waals surface area contributed by atoms with Crippen molar-refractivity contribution in [2.45, 2.75) is 6.54 Å². The average molecular weight is 272 g/mol. The van der Waals surface area contributed by atoms with E-state index in [9.17, 15) is 0 Å². The van der Waals surface area contributed by atoms with Crippen molar-refractivity contribution in [2.75, 3.05) is 0 Å². The first kappa shape index (κ1) is 13.0. The minimum absolute atomic E-state index is 0.691. The zero-order valence-corrected chi connectivity index (χ0v) is 11.5. The Kier molecular flexibility index (Phi) is 3.70. The summed E-state index contributed by atoms with van der Waals surface area (Å²) in [5.41, 5.74) is 4.21. The second-order valence-corrected chi connectivity index (χ2v) is 4.80. The molecule has 0 fully saturated rings. The molecule has 3 aromatic rings. The second-order valence-electron chi connectivity index (χ2n) is 4.80. The lowest BCUT2D eigenvalue weighted by Gasteiger charge is -2.01. The van der Waals surface area contributed by atoms with Gasteiger partial charge in [0, 0.05) is 30.1 Å². The smallest absolute Gasteiger partial charge is 0.173 e. The highest BCUT2D eigenvalue weighted by Crippen LogP contribution is 2.15. The third-order valence-corrected chi connectivity index (χ3v) is 3.35. The molecule has 0 spiro atoms. The largest absolute Gasteiger partial charge is 0.265 e. The first-order valence-corrected chi connectivity index (χ1v) is 6.74. The third-order valence-electron chi connectivity index (χ3n) is 3.35. The molecule has 21 heavy (non-hydrogen) atoms. The lowest BCUT2D eigenvalue weighted by Crippen LogP contribution is -2.32. The zero-order chi connectivity index (χ0) is 14.5. The molecule has 0 aliphatic carbocycles. The highest BCUT2D eigenvalue weighted by Gasteiger charge is 2.04. The van der Waals surface area contributed by atoms with Gasteiger partial charge in [-0.05, 0) is 35.4 Å². The fourth-order valence-corrected chi connectivity index (χ4v) is 2.20.